The van der Waals surface area contributed by atoms with Gasteiger partial charge in [-0.15, -0.1) is 0 Å². The van der Waals surface area contributed by atoms with Crippen LogP contribution in [0.3, 0.4) is 0 Å². The van der Waals surface area contributed by atoms with Gasteiger partial charge in [-0.3, -0.25) is 9.79 Å². The summed E-state index contributed by atoms with van der Waals surface area (Å²) in [4.78, 5) is 19.4. The van der Waals surface area contributed by atoms with Crippen LogP contribution in [0, 0.1) is 17.8 Å². The SMILES string of the molecule is CC1=N[C@]2(CC[C@H]3CN(CC(C)C)C[C@H]32)C(=O)N1. The van der Waals surface area contributed by atoms with E-state index in [-0.39, 0.29) is 5.91 Å². The minimum atomic E-state index is -0.416. The Morgan fingerprint density at radius 2 is 2.28 bits per heavy atom. The number of likely N-dealkylation sites (tertiary alicyclic amines) is 1. The van der Waals surface area contributed by atoms with Crippen LogP contribution in [0.2, 0.25) is 0 Å². The van der Waals surface area contributed by atoms with Gasteiger partial charge in [-0.05, 0) is 31.6 Å². The lowest BCUT2D eigenvalue weighted by molar-refractivity contribution is -0.125. The van der Waals surface area contributed by atoms with Crippen molar-refractivity contribution in [3.05, 3.63) is 0 Å². The van der Waals surface area contributed by atoms with Crippen molar-refractivity contribution in [1.29, 1.82) is 0 Å². The number of hydrogen-bond acceptors (Lipinski definition) is 3. The van der Waals surface area contributed by atoms with Crippen molar-refractivity contribution < 1.29 is 4.79 Å². The van der Waals surface area contributed by atoms with E-state index < -0.39 is 5.54 Å². The van der Waals surface area contributed by atoms with E-state index in [9.17, 15) is 4.79 Å². The highest BCUT2D eigenvalue weighted by Crippen LogP contribution is 2.48. The van der Waals surface area contributed by atoms with E-state index in [1.54, 1.807) is 0 Å². The Morgan fingerprint density at radius 3 is 2.89 bits per heavy atom. The lowest BCUT2D eigenvalue weighted by atomic mass is 9.85. The van der Waals surface area contributed by atoms with Crippen molar-refractivity contribution in [1.82, 2.24) is 10.2 Å². The molecule has 3 atom stereocenters. The molecule has 100 valence electrons. The number of amidine groups is 1. The number of carbonyl (C=O) groups excluding carboxylic acids is 1. The molecule has 1 N–H and O–H groups in total. The first-order valence-corrected chi connectivity index (χ1v) is 7.11. The summed E-state index contributed by atoms with van der Waals surface area (Å²) in [5, 5.41) is 2.91. The number of carbonyl (C=O) groups is 1. The largest absolute Gasteiger partial charge is 0.313 e. The molecule has 2 fully saturated rings. The molecule has 1 saturated carbocycles. The maximum atomic E-state index is 12.2. The number of fused-ring (bicyclic) bond motifs is 2. The molecule has 0 aromatic carbocycles. The van der Waals surface area contributed by atoms with Crippen LogP contribution < -0.4 is 5.32 Å². The predicted molar refractivity (Wildman–Crippen MR) is 71.5 cm³/mol. The van der Waals surface area contributed by atoms with Gasteiger partial charge in [-0.1, -0.05) is 13.8 Å². The van der Waals surface area contributed by atoms with Crippen molar-refractivity contribution >= 4 is 11.7 Å². The van der Waals surface area contributed by atoms with Crippen LogP contribution in [-0.4, -0.2) is 41.8 Å². The fraction of sp³-hybridized carbons (Fsp3) is 0.857. The van der Waals surface area contributed by atoms with Gasteiger partial charge in [0.1, 0.15) is 11.4 Å². The molecule has 1 amide bonds. The summed E-state index contributed by atoms with van der Waals surface area (Å²) in [6.45, 7) is 9.77. The number of nitrogens with zero attached hydrogens (tertiary/aromatic N) is 2. The van der Waals surface area contributed by atoms with Gasteiger partial charge in [-0.25, -0.2) is 0 Å². The van der Waals surface area contributed by atoms with Crippen molar-refractivity contribution in [2.45, 2.75) is 39.2 Å². The lowest BCUT2D eigenvalue weighted by Gasteiger charge is -2.26. The number of rotatable bonds is 2. The minimum Gasteiger partial charge on any atom is -0.313 e. The second-order valence-corrected chi connectivity index (χ2v) is 6.59. The maximum absolute atomic E-state index is 12.2. The second kappa shape index (κ2) is 4.05. The van der Waals surface area contributed by atoms with E-state index in [1.807, 2.05) is 6.92 Å². The average Bonchev–Trinajstić information content (AvgIpc) is 2.85. The highest BCUT2D eigenvalue weighted by atomic mass is 16.2. The number of aliphatic imine (C=N–C) groups is 1. The zero-order chi connectivity index (χ0) is 12.9. The molecule has 1 saturated heterocycles. The molecule has 1 spiro atoms. The average molecular weight is 249 g/mol. The molecule has 2 heterocycles. The third kappa shape index (κ3) is 1.69. The van der Waals surface area contributed by atoms with Crippen molar-refractivity contribution in [2.24, 2.45) is 22.7 Å². The molecule has 0 radical (unpaired) electrons. The summed E-state index contributed by atoms with van der Waals surface area (Å²) in [6.07, 6.45) is 2.10. The van der Waals surface area contributed by atoms with Gasteiger partial charge in [0.2, 0.25) is 0 Å². The van der Waals surface area contributed by atoms with Crippen molar-refractivity contribution in [3.63, 3.8) is 0 Å². The summed E-state index contributed by atoms with van der Waals surface area (Å²) in [5.74, 6) is 2.77. The van der Waals surface area contributed by atoms with E-state index in [1.165, 1.54) is 0 Å². The predicted octanol–water partition coefficient (Wildman–Crippen LogP) is 1.27. The molecular weight excluding hydrogens is 226 g/mol. The lowest BCUT2D eigenvalue weighted by Crippen LogP contribution is -2.44. The molecule has 0 aromatic heterocycles. The monoisotopic (exact) mass is 249 g/mol. The highest BCUT2D eigenvalue weighted by Gasteiger charge is 2.58. The third-order valence-corrected chi connectivity index (χ3v) is 4.70. The fourth-order valence-electron chi connectivity index (χ4n) is 4.12. The minimum absolute atomic E-state index is 0.152. The quantitative estimate of drug-likeness (QED) is 0.801. The van der Waals surface area contributed by atoms with Crippen LogP contribution in [0.25, 0.3) is 0 Å². The fourth-order valence-corrected chi connectivity index (χ4v) is 4.12. The van der Waals surface area contributed by atoms with Gasteiger partial charge in [0.25, 0.3) is 5.91 Å². The van der Waals surface area contributed by atoms with Gasteiger partial charge < -0.3 is 10.2 Å². The second-order valence-electron chi connectivity index (χ2n) is 6.59. The molecule has 0 aromatic rings. The Kier molecular flexibility index (Phi) is 2.73. The first-order valence-electron chi connectivity index (χ1n) is 7.11. The Bertz CT molecular complexity index is 404. The molecule has 0 bridgehead atoms. The molecule has 0 unspecified atom stereocenters. The summed E-state index contributed by atoms with van der Waals surface area (Å²) in [7, 11) is 0. The van der Waals surface area contributed by atoms with Gasteiger partial charge >= 0.3 is 0 Å². The van der Waals surface area contributed by atoms with E-state index in [2.05, 4.69) is 29.1 Å². The Hall–Kier alpha value is -0.900. The first-order chi connectivity index (χ1) is 8.51. The van der Waals surface area contributed by atoms with Crippen LogP contribution in [0.15, 0.2) is 4.99 Å². The first kappa shape index (κ1) is 12.2. The Balaban J connectivity index is 1.79. The summed E-state index contributed by atoms with van der Waals surface area (Å²) in [5.41, 5.74) is -0.416. The van der Waals surface area contributed by atoms with Crippen molar-refractivity contribution in [3.8, 4) is 0 Å². The zero-order valence-corrected chi connectivity index (χ0v) is 11.6. The van der Waals surface area contributed by atoms with Crippen LogP contribution >= 0.6 is 0 Å². The normalized spacial score (nSPS) is 39.6. The van der Waals surface area contributed by atoms with Gasteiger partial charge in [0, 0.05) is 25.6 Å². The molecule has 2 aliphatic heterocycles. The maximum Gasteiger partial charge on any atom is 0.253 e. The van der Waals surface area contributed by atoms with Gasteiger partial charge in [-0.2, -0.15) is 0 Å². The molecule has 3 rings (SSSR count). The molecule has 18 heavy (non-hydrogen) atoms. The van der Waals surface area contributed by atoms with Crippen LogP contribution in [0.5, 0.6) is 0 Å². The summed E-state index contributed by atoms with van der Waals surface area (Å²) >= 11 is 0. The van der Waals surface area contributed by atoms with Crippen LogP contribution in [0.1, 0.15) is 33.6 Å². The molecule has 4 heteroatoms. The standard InChI is InChI=1S/C14H23N3O/c1-9(2)6-17-7-11-4-5-14(12(11)8-17)13(18)15-10(3)16-14/h9,11-12H,4-8H2,1-3H3,(H,15,16,18)/t11-,12+,14-/m0/s1. The molecule has 3 aliphatic rings. The third-order valence-electron chi connectivity index (χ3n) is 4.70. The number of hydrogen-bond donors (Lipinski definition) is 1. The topological polar surface area (TPSA) is 44.7 Å². The molecule has 4 nitrogen and oxygen atoms in total. The van der Waals surface area contributed by atoms with E-state index >= 15 is 0 Å². The number of nitrogens with one attached hydrogen (secondary N) is 1. The van der Waals surface area contributed by atoms with E-state index in [4.69, 9.17) is 0 Å². The van der Waals surface area contributed by atoms with Gasteiger partial charge in [0.05, 0.1) is 0 Å². The molecule has 1 aliphatic carbocycles. The number of amides is 1. The van der Waals surface area contributed by atoms with Crippen LogP contribution in [-0.2, 0) is 4.79 Å². The van der Waals surface area contributed by atoms with Crippen LogP contribution in [0.4, 0.5) is 0 Å². The molecular formula is C14H23N3O. The highest BCUT2D eigenvalue weighted by molar-refractivity contribution is 6.07. The van der Waals surface area contributed by atoms with Gasteiger partial charge in [0.15, 0.2) is 0 Å². The van der Waals surface area contributed by atoms with E-state index in [0.29, 0.717) is 17.8 Å². The smallest absolute Gasteiger partial charge is 0.253 e. The zero-order valence-electron chi connectivity index (χ0n) is 11.6. The Labute approximate surface area is 109 Å². The summed E-state index contributed by atoms with van der Waals surface area (Å²) < 4.78 is 0. The van der Waals surface area contributed by atoms with Crippen molar-refractivity contribution in [2.75, 3.05) is 19.6 Å². The van der Waals surface area contributed by atoms with E-state index in [0.717, 1.165) is 38.3 Å². The summed E-state index contributed by atoms with van der Waals surface area (Å²) in [6, 6.07) is 0. The Morgan fingerprint density at radius 1 is 1.50 bits per heavy atom.